The zero-order valence-corrected chi connectivity index (χ0v) is 14.6. The van der Waals surface area contributed by atoms with Crippen LogP contribution in [0, 0.1) is 6.92 Å². The summed E-state index contributed by atoms with van der Waals surface area (Å²) in [6, 6.07) is 11.2. The minimum atomic E-state index is 0.380. The first-order valence-corrected chi connectivity index (χ1v) is 9.37. The van der Waals surface area contributed by atoms with Crippen LogP contribution < -0.4 is 5.32 Å². The molecule has 1 aromatic carbocycles. The maximum atomic E-state index is 4.61. The van der Waals surface area contributed by atoms with Crippen molar-refractivity contribution in [2.75, 3.05) is 6.54 Å². The van der Waals surface area contributed by atoms with E-state index in [1.807, 2.05) is 11.8 Å². The van der Waals surface area contributed by atoms with Crippen LogP contribution in [0.5, 0.6) is 0 Å². The predicted octanol–water partition coefficient (Wildman–Crippen LogP) is 5.06. The van der Waals surface area contributed by atoms with Gasteiger partial charge >= 0.3 is 0 Å². The topological polar surface area (TPSA) is 24.9 Å². The lowest BCUT2D eigenvalue weighted by Gasteiger charge is -2.26. The number of benzene rings is 1. The molecule has 21 heavy (non-hydrogen) atoms. The average molecular weight is 321 g/mol. The molecule has 114 valence electrons. The molecular formula is C17H24N2S2. The SMILES string of the molecule is CCCNC(c1ccccc1)C(CC)Sc1nc(C)cs1. The number of thiazole rings is 1. The summed E-state index contributed by atoms with van der Waals surface area (Å²) in [7, 11) is 0. The monoisotopic (exact) mass is 320 g/mol. The lowest BCUT2D eigenvalue weighted by atomic mass is 10.0. The standard InChI is InChI=1S/C17H24N2S2/c1-4-11-18-16(14-9-7-6-8-10-14)15(5-2)21-17-19-13(3)12-20-17/h6-10,12,15-16,18H,4-5,11H2,1-3H3. The fourth-order valence-corrected chi connectivity index (χ4v) is 4.60. The molecule has 0 bridgehead atoms. The van der Waals surface area contributed by atoms with E-state index in [4.69, 9.17) is 0 Å². The van der Waals surface area contributed by atoms with Gasteiger partial charge in [-0.1, -0.05) is 55.9 Å². The number of hydrogen-bond donors (Lipinski definition) is 1. The first kappa shape index (κ1) is 16.5. The summed E-state index contributed by atoms with van der Waals surface area (Å²) in [5, 5.41) is 6.35. The van der Waals surface area contributed by atoms with Crippen molar-refractivity contribution >= 4 is 23.1 Å². The van der Waals surface area contributed by atoms with Crippen molar-refractivity contribution in [1.29, 1.82) is 0 Å². The Morgan fingerprint density at radius 2 is 2.00 bits per heavy atom. The first-order chi connectivity index (χ1) is 10.2. The number of rotatable bonds is 8. The number of nitrogens with one attached hydrogen (secondary N) is 1. The zero-order chi connectivity index (χ0) is 15.1. The van der Waals surface area contributed by atoms with Crippen molar-refractivity contribution in [3.63, 3.8) is 0 Å². The van der Waals surface area contributed by atoms with Gasteiger partial charge in [0, 0.05) is 22.4 Å². The summed E-state index contributed by atoms with van der Waals surface area (Å²) in [4.78, 5) is 4.61. The van der Waals surface area contributed by atoms with Crippen LogP contribution >= 0.6 is 23.1 Å². The Morgan fingerprint density at radius 1 is 1.24 bits per heavy atom. The minimum absolute atomic E-state index is 0.380. The smallest absolute Gasteiger partial charge is 0.150 e. The van der Waals surface area contributed by atoms with Gasteiger partial charge in [0.2, 0.25) is 0 Å². The molecule has 2 aromatic rings. The Hall–Kier alpha value is -0.840. The molecule has 2 atom stereocenters. The maximum absolute atomic E-state index is 4.61. The van der Waals surface area contributed by atoms with E-state index in [1.165, 1.54) is 9.90 Å². The van der Waals surface area contributed by atoms with E-state index in [9.17, 15) is 0 Å². The molecule has 2 nitrogen and oxygen atoms in total. The number of hydrogen-bond acceptors (Lipinski definition) is 4. The van der Waals surface area contributed by atoms with Crippen molar-refractivity contribution in [3.05, 3.63) is 47.0 Å². The van der Waals surface area contributed by atoms with Crippen molar-refractivity contribution in [1.82, 2.24) is 10.3 Å². The molecule has 2 rings (SSSR count). The van der Waals surface area contributed by atoms with Crippen LogP contribution in [0.2, 0.25) is 0 Å². The van der Waals surface area contributed by atoms with Crippen molar-refractivity contribution in [2.24, 2.45) is 0 Å². The van der Waals surface area contributed by atoms with Crippen LogP contribution in [0.25, 0.3) is 0 Å². The summed E-state index contributed by atoms with van der Waals surface area (Å²) in [5.41, 5.74) is 2.49. The first-order valence-electron chi connectivity index (χ1n) is 7.61. The maximum Gasteiger partial charge on any atom is 0.150 e. The molecule has 0 aliphatic rings. The molecule has 0 spiro atoms. The molecule has 0 amide bonds. The highest BCUT2D eigenvalue weighted by Crippen LogP contribution is 2.35. The van der Waals surface area contributed by atoms with Gasteiger partial charge in [-0.25, -0.2) is 4.98 Å². The molecule has 4 heteroatoms. The summed E-state index contributed by atoms with van der Waals surface area (Å²) < 4.78 is 1.18. The van der Waals surface area contributed by atoms with E-state index >= 15 is 0 Å². The van der Waals surface area contributed by atoms with Crippen LogP contribution in [-0.4, -0.2) is 16.8 Å². The van der Waals surface area contributed by atoms with Gasteiger partial charge in [0.05, 0.1) is 0 Å². The molecular weight excluding hydrogens is 296 g/mol. The highest BCUT2D eigenvalue weighted by Gasteiger charge is 2.23. The number of aryl methyl sites for hydroxylation is 1. The van der Waals surface area contributed by atoms with E-state index in [1.54, 1.807) is 11.3 Å². The van der Waals surface area contributed by atoms with Gasteiger partial charge in [-0.3, -0.25) is 0 Å². The summed E-state index contributed by atoms with van der Waals surface area (Å²) in [6.07, 6.45) is 2.28. The van der Waals surface area contributed by atoms with Gasteiger partial charge in [-0.15, -0.1) is 11.3 Å². The Morgan fingerprint density at radius 3 is 2.57 bits per heavy atom. The fraction of sp³-hybridized carbons (Fsp3) is 0.471. The second-order valence-electron chi connectivity index (χ2n) is 5.16. The average Bonchev–Trinajstić information content (AvgIpc) is 2.92. The highest BCUT2D eigenvalue weighted by molar-refractivity contribution is 8.01. The number of aromatic nitrogens is 1. The van der Waals surface area contributed by atoms with Gasteiger partial charge in [0.25, 0.3) is 0 Å². The molecule has 1 aromatic heterocycles. The van der Waals surface area contributed by atoms with Gasteiger partial charge in [0.15, 0.2) is 0 Å². The minimum Gasteiger partial charge on any atom is -0.309 e. The van der Waals surface area contributed by atoms with Crippen molar-refractivity contribution < 1.29 is 0 Å². The number of thioether (sulfide) groups is 1. The van der Waals surface area contributed by atoms with E-state index in [0.29, 0.717) is 11.3 Å². The normalized spacial score (nSPS) is 14.0. The molecule has 0 saturated heterocycles. The van der Waals surface area contributed by atoms with Crippen LogP contribution in [0.1, 0.15) is 44.0 Å². The Kier molecular flexibility index (Phi) is 6.74. The lowest BCUT2D eigenvalue weighted by molar-refractivity contribution is 0.505. The van der Waals surface area contributed by atoms with E-state index in [-0.39, 0.29) is 0 Å². The van der Waals surface area contributed by atoms with Crippen LogP contribution in [0.4, 0.5) is 0 Å². The lowest BCUT2D eigenvalue weighted by Crippen LogP contribution is -2.30. The third-order valence-corrected chi connectivity index (χ3v) is 5.93. The Bertz CT molecular complexity index is 525. The number of nitrogens with zero attached hydrogens (tertiary/aromatic N) is 1. The third kappa shape index (κ3) is 4.83. The summed E-state index contributed by atoms with van der Waals surface area (Å²) in [5.74, 6) is 0. The second kappa shape index (κ2) is 8.57. The second-order valence-corrected chi connectivity index (χ2v) is 7.51. The summed E-state index contributed by atoms with van der Waals surface area (Å²) in [6.45, 7) is 7.59. The van der Waals surface area contributed by atoms with Crippen LogP contribution in [0.15, 0.2) is 40.1 Å². The molecule has 1 heterocycles. The third-order valence-electron chi connectivity index (χ3n) is 3.40. The highest BCUT2D eigenvalue weighted by atomic mass is 32.2. The van der Waals surface area contributed by atoms with E-state index < -0.39 is 0 Å². The molecule has 2 unspecified atom stereocenters. The fourth-order valence-electron chi connectivity index (χ4n) is 2.33. The van der Waals surface area contributed by atoms with Gasteiger partial charge in [-0.2, -0.15) is 0 Å². The van der Waals surface area contributed by atoms with Crippen molar-refractivity contribution in [2.45, 2.75) is 49.2 Å². The van der Waals surface area contributed by atoms with Gasteiger partial charge in [-0.05, 0) is 31.9 Å². The van der Waals surface area contributed by atoms with Gasteiger partial charge in [0.1, 0.15) is 4.34 Å². The van der Waals surface area contributed by atoms with E-state index in [0.717, 1.165) is 25.1 Å². The quantitative estimate of drug-likeness (QED) is 0.688. The van der Waals surface area contributed by atoms with Gasteiger partial charge < -0.3 is 5.32 Å². The Balaban J connectivity index is 2.16. The molecule has 0 aliphatic heterocycles. The van der Waals surface area contributed by atoms with Crippen LogP contribution in [0.3, 0.4) is 0 Å². The molecule has 0 radical (unpaired) electrons. The molecule has 0 fully saturated rings. The summed E-state index contributed by atoms with van der Waals surface area (Å²) >= 11 is 3.66. The van der Waals surface area contributed by atoms with E-state index in [2.05, 4.69) is 66.8 Å². The molecule has 1 N–H and O–H groups in total. The zero-order valence-electron chi connectivity index (χ0n) is 13.0. The van der Waals surface area contributed by atoms with Crippen molar-refractivity contribution in [3.8, 4) is 0 Å². The molecule has 0 aliphatic carbocycles. The predicted molar refractivity (Wildman–Crippen MR) is 94.3 cm³/mol. The largest absolute Gasteiger partial charge is 0.309 e. The molecule has 0 saturated carbocycles. The van der Waals surface area contributed by atoms with Crippen LogP contribution in [-0.2, 0) is 0 Å². The Labute approximate surface area is 136 Å².